The number of rotatable bonds is 4. The number of carboxylic acids is 1. The predicted octanol–water partition coefficient (Wildman–Crippen LogP) is 1.43. The van der Waals surface area contributed by atoms with E-state index in [1.54, 1.807) is 20.0 Å². The zero-order chi connectivity index (χ0) is 14.2. The number of Topliss-reactive ketones (excluding diaryl/α,β-unsaturated/α-hetero) is 1. The third-order valence-corrected chi connectivity index (χ3v) is 3.10. The first-order chi connectivity index (χ1) is 8.95. The minimum Gasteiger partial charge on any atom is -0.481 e. The van der Waals surface area contributed by atoms with Gasteiger partial charge in [-0.05, 0) is 24.6 Å². The Bertz CT molecular complexity index is 709. The molecule has 2 rings (SSSR count). The van der Waals surface area contributed by atoms with Crippen LogP contribution in [0.3, 0.4) is 0 Å². The van der Waals surface area contributed by atoms with Gasteiger partial charge in [-0.15, -0.1) is 0 Å². The molecule has 0 radical (unpaired) electrons. The minimum absolute atomic E-state index is 0.213. The highest BCUT2D eigenvalue weighted by molar-refractivity contribution is 6.09. The lowest BCUT2D eigenvalue weighted by Gasteiger charge is -2.08. The first kappa shape index (κ1) is 13.1. The maximum absolute atomic E-state index is 12.0. The third kappa shape index (κ3) is 2.16. The lowest BCUT2D eigenvalue weighted by molar-refractivity contribution is -0.140. The van der Waals surface area contributed by atoms with Crippen LogP contribution in [-0.4, -0.2) is 21.4 Å². The number of aliphatic carboxylic acids is 1. The summed E-state index contributed by atoms with van der Waals surface area (Å²) in [6, 6.07) is 4.48. The number of nitrogens with zero attached hydrogens (tertiary/aromatic N) is 1. The van der Waals surface area contributed by atoms with E-state index in [1.165, 1.54) is 16.7 Å². The van der Waals surface area contributed by atoms with Crippen molar-refractivity contribution >= 4 is 22.9 Å². The quantitative estimate of drug-likeness (QED) is 0.665. The molecule has 1 aromatic heterocycles. The number of aryl methyl sites for hydroxylation is 1. The molecule has 0 aliphatic rings. The van der Waals surface area contributed by atoms with Crippen molar-refractivity contribution in [3.8, 4) is 0 Å². The van der Waals surface area contributed by atoms with E-state index in [0.29, 0.717) is 5.52 Å². The number of aromatic nitrogens is 1. The standard InChI is InChI=1S/C13H13NO5/c1-3-8(12(16)17)11(15)7-4-5-9-10(6-7)19-13(18)14(9)2/h4-6,8H,3H2,1-2H3,(H,16,17). The van der Waals surface area contributed by atoms with Crippen LogP contribution in [0, 0.1) is 5.92 Å². The van der Waals surface area contributed by atoms with Crippen LogP contribution < -0.4 is 5.76 Å². The van der Waals surface area contributed by atoms with Gasteiger partial charge >= 0.3 is 11.7 Å². The highest BCUT2D eigenvalue weighted by Crippen LogP contribution is 2.18. The smallest absolute Gasteiger partial charge is 0.419 e. The number of ketones is 1. The zero-order valence-electron chi connectivity index (χ0n) is 10.5. The van der Waals surface area contributed by atoms with Crippen molar-refractivity contribution in [3.63, 3.8) is 0 Å². The van der Waals surface area contributed by atoms with Crippen LogP contribution in [0.2, 0.25) is 0 Å². The summed E-state index contributed by atoms with van der Waals surface area (Å²) in [7, 11) is 1.56. The van der Waals surface area contributed by atoms with Crippen LogP contribution in [0.1, 0.15) is 23.7 Å². The zero-order valence-corrected chi connectivity index (χ0v) is 10.5. The van der Waals surface area contributed by atoms with Crippen LogP contribution in [0.25, 0.3) is 11.1 Å². The van der Waals surface area contributed by atoms with Gasteiger partial charge in [-0.25, -0.2) is 4.79 Å². The van der Waals surface area contributed by atoms with E-state index in [0.717, 1.165) is 0 Å². The highest BCUT2D eigenvalue weighted by Gasteiger charge is 2.25. The van der Waals surface area contributed by atoms with Crippen LogP contribution in [0.5, 0.6) is 0 Å². The van der Waals surface area contributed by atoms with Gasteiger partial charge < -0.3 is 9.52 Å². The van der Waals surface area contributed by atoms with E-state index < -0.39 is 23.4 Å². The van der Waals surface area contributed by atoms with E-state index in [4.69, 9.17) is 9.52 Å². The first-order valence-electron chi connectivity index (χ1n) is 5.82. The second-order valence-electron chi connectivity index (χ2n) is 4.27. The molecule has 1 unspecified atom stereocenters. The van der Waals surface area contributed by atoms with Crippen LogP contribution in [0.15, 0.2) is 27.4 Å². The summed E-state index contributed by atoms with van der Waals surface area (Å²) in [5, 5.41) is 8.97. The summed E-state index contributed by atoms with van der Waals surface area (Å²) in [6.45, 7) is 1.64. The Morgan fingerprint density at radius 2 is 2.11 bits per heavy atom. The van der Waals surface area contributed by atoms with Crippen molar-refractivity contribution in [1.82, 2.24) is 4.57 Å². The fourth-order valence-electron chi connectivity index (χ4n) is 1.96. The maximum atomic E-state index is 12.0. The molecule has 0 saturated carbocycles. The molecule has 0 fully saturated rings. The molecule has 6 nitrogen and oxygen atoms in total. The molecular weight excluding hydrogens is 250 g/mol. The number of hydrogen-bond donors (Lipinski definition) is 1. The number of hydrogen-bond acceptors (Lipinski definition) is 4. The van der Waals surface area contributed by atoms with Gasteiger partial charge in [0.25, 0.3) is 0 Å². The molecule has 1 atom stereocenters. The number of carbonyl (C=O) groups excluding carboxylic acids is 1. The van der Waals surface area contributed by atoms with Crippen molar-refractivity contribution < 1.29 is 19.1 Å². The average molecular weight is 263 g/mol. The van der Waals surface area contributed by atoms with E-state index in [1.807, 2.05) is 0 Å². The molecule has 2 aromatic rings. The lowest BCUT2D eigenvalue weighted by Crippen LogP contribution is -2.23. The van der Waals surface area contributed by atoms with Gasteiger partial charge in [0.05, 0.1) is 5.52 Å². The SMILES string of the molecule is CCC(C(=O)O)C(=O)c1ccc2c(c1)oc(=O)n2C. The number of carbonyl (C=O) groups is 2. The van der Waals surface area contributed by atoms with Gasteiger partial charge in [-0.2, -0.15) is 0 Å². The Balaban J connectivity index is 2.49. The van der Waals surface area contributed by atoms with Gasteiger partial charge in [0.2, 0.25) is 0 Å². The molecule has 0 saturated heterocycles. The van der Waals surface area contributed by atoms with Crippen molar-refractivity contribution in [2.24, 2.45) is 13.0 Å². The summed E-state index contributed by atoms with van der Waals surface area (Å²) in [5.74, 6) is -3.23. The Hall–Kier alpha value is -2.37. The summed E-state index contributed by atoms with van der Waals surface area (Å²) < 4.78 is 6.29. The van der Waals surface area contributed by atoms with E-state index in [-0.39, 0.29) is 17.6 Å². The van der Waals surface area contributed by atoms with Gasteiger partial charge in [0.15, 0.2) is 11.4 Å². The molecule has 0 aliphatic heterocycles. The summed E-state index contributed by atoms with van der Waals surface area (Å²) >= 11 is 0. The molecule has 6 heteroatoms. The molecular formula is C13H13NO5. The second-order valence-corrected chi connectivity index (χ2v) is 4.27. The molecule has 0 aliphatic carbocycles. The monoisotopic (exact) mass is 263 g/mol. The predicted molar refractivity (Wildman–Crippen MR) is 67.2 cm³/mol. The van der Waals surface area contributed by atoms with Crippen molar-refractivity contribution in [2.45, 2.75) is 13.3 Å². The third-order valence-electron chi connectivity index (χ3n) is 3.10. The topological polar surface area (TPSA) is 89.5 Å². The molecule has 0 amide bonds. The molecule has 1 N–H and O–H groups in total. The molecule has 0 bridgehead atoms. The summed E-state index contributed by atoms with van der Waals surface area (Å²) in [6.07, 6.45) is 0.213. The fraction of sp³-hybridized carbons (Fsp3) is 0.308. The van der Waals surface area contributed by atoms with Crippen LogP contribution in [-0.2, 0) is 11.8 Å². The van der Waals surface area contributed by atoms with E-state index in [2.05, 4.69) is 0 Å². The average Bonchev–Trinajstić information content (AvgIpc) is 2.65. The summed E-state index contributed by atoms with van der Waals surface area (Å²) in [4.78, 5) is 34.3. The summed E-state index contributed by atoms with van der Waals surface area (Å²) in [5.41, 5.74) is 1.07. The fourth-order valence-corrected chi connectivity index (χ4v) is 1.96. The largest absolute Gasteiger partial charge is 0.481 e. The van der Waals surface area contributed by atoms with Gasteiger partial charge in [0, 0.05) is 12.6 Å². The number of carboxylic acid groups (broad SMARTS) is 1. The number of benzene rings is 1. The van der Waals surface area contributed by atoms with Crippen LogP contribution >= 0.6 is 0 Å². The minimum atomic E-state index is -1.15. The first-order valence-corrected chi connectivity index (χ1v) is 5.82. The number of fused-ring (bicyclic) bond motifs is 1. The molecule has 1 heterocycles. The maximum Gasteiger partial charge on any atom is 0.419 e. The van der Waals surface area contributed by atoms with Gasteiger partial charge in [-0.3, -0.25) is 14.2 Å². The molecule has 1 aromatic carbocycles. The Kier molecular flexibility index (Phi) is 3.25. The van der Waals surface area contributed by atoms with Crippen molar-refractivity contribution in [2.75, 3.05) is 0 Å². The highest BCUT2D eigenvalue weighted by atomic mass is 16.4. The molecule has 0 spiro atoms. The molecule has 19 heavy (non-hydrogen) atoms. The molecule has 100 valence electrons. The van der Waals surface area contributed by atoms with Crippen LogP contribution in [0.4, 0.5) is 0 Å². The van der Waals surface area contributed by atoms with Gasteiger partial charge in [0.1, 0.15) is 5.92 Å². The van der Waals surface area contributed by atoms with Crippen molar-refractivity contribution in [1.29, 1.82) is 0 Å². The Morgan fingerprint density at radius 3 is 2.68 bits per heavy atom. The lowest BCUT2D eigenvalue weighted by atomic mass is 9.95. The van der Waals surface area contributed by atoms with E-state index in [9.17, 15) is 14.4 Å². The normalized spacial score (nSPS) is 12.5. The Morgan fingerprint density at radius 1 is 1.42 bits per heavy atom. The van der Waals surface area contributed by atoms with E-state index >= 15 is 0 Å². The number of oxazole rings is 1. The Labute approximate surface area is 108 Å². The van der Waals surface area contributed by atoms with Crippen molar-refractivity contribution in [3.05, 3.63) is 34.3 Å². The van der Waals surface area contributed by atoms with Gasteiger partial charge in [-0.1, -0.05) is 6.92 Å². The second kappa shape index (κ2) is 4.72.